The van der Waals surface area contributed by atoms with Crippen LogP contribution in [0.3, 0.4) is 0 Å². The van der Waals surface area contributed by atoms with Crippen LogP contribution in [0.5, 0.6) is 11.5 Å². The fourth-order valence-electron chi connectivity index (χ4n) is 4.46. The Kier molecular flexibility index (Phi) is 10.5. The Morgan fingerprint density at radius 1 is 1.15 bits per heavy atom. The predicted molar refractivity (Wildman–Crippen MR) is 137 cm³/mol. The molecule has 1 heterocycles. The van der Waals surface area contributed by atoms with E-state index in [1.165, 1.54) is 32.1 Å². The van der Waals surface area contributed by atoms with Crippen LogP contribution in [0.2, 0.25) is 0 Å². The van der Waals surface area contributed by atoms with Gasteiger partial charge in [0.25, 0.3) is 0 Å². The molecule has 0 saturated carbocycles. The summed E-state index contributed by atoms with van der Waals surface area (Å²) in [5, 5.41) is 0. The molecule has 1 fully saturated rings. The van der Waals surface area contributed by atoms with Gasteiger partial charge in [-0.1, -0.05) is 45.1 Å². The molecule has 6 nitrogen and oxygen atoms in total. The van der Waals surface area contributed by atoms with Gasteiger partial charge in [0.1, 0.15) is 11.3 Å². The highest BCUT2D eigenvalue weighted by molar-refractivity contribution is 5.69. The fraction of sp³-hybridized carbons (Fsp3) is 0.750. The van der Waals surface area contributed by atoms with E-state index >= 15 is 0 Å². The van der Waals surface area contributed by atoms with Crippen LogP contribution >= 0.6 is 0 Å². The van der Waals surface area contributed by atoms with Crippen LogP contribution in [-0.4, -0.2) is 48.7 Å². The number of aryl methyl sites for hydroxylation is 2. The summed E-state index contributed by atoms with van der Waals surface area (Å²) in [5.41, 5.74) is 1.01. The van der Waals surface area contributed by atoms with Crippen molar-refractivity contribution in [2.75, 3.05) is 20.3 Å². The molecule has 0 aliphatic carbocycles. The molecule has 0 N–H and O–H groups in total. The fourth-order valence-corrected chi connectivity index (χ4v) is 4.46. The molecular weight excluding hydrogens is 430 g/mol. The second-order valence-corrected chi connectivity index (χ2v) is 10.9. The molecule has 1 aliphatic heterocycles. The summed E-state index contributed by atoms with van der Waals surface area (Å²) >= 11 is 0. The van der Waals surface area contributed by atoms with Crippen LogP contribution in [0.25, 0.3) is 0 Å². The quantitative estimate of drug-likeness (QED) is 0.302. The SMILES string of the molecule is CCCCCCCCOc1c(C)cc(CC[C@@H]2COC(C)(C)N2C(=O)OC(C)(C)C)cc1OC. The van der Waals surface area contributed by atoms with Crippen molar-refractivity contribution in [2.24, 2.45) is 0 Å². The number of ether oxygens (including phenoxy) is 4. The van der Waals surface area contributed by atoms with Gasteiger partial charge in [-0.05, 0) is 78.0 Å². The number of methoxy groups -OCH3 is 1. The number of benzene rings is 1. The summed E-state index contributed by atoms with van der Waals surface area (Å²) in [6, 6.07) is 4.18. The van der Waals surface area contributed by atoms with E-state index in [0.29, 0.717) is 13.2 Å². The Morgan fingerprint density at radius 3 is 2.47 bits per heavy atom. The summed E-state index contributed by atoms with van der Waals surface area (Å²) in [7, 11) is 1.69. The second kappa shape index (κ2) is 12.7. The van der Waals surface area contributed by atoms with Crippen molar-refractivity contribution < 1.29 is 23.7 Å². The Bertz CT molecular complexity index is 784. The zero-order chi connectivity index (χ0) is 25.4. The molecule has 0 aromatic heterocycles. The van der Waals surface area contributed by atoms with E-state index in [0.717, 1.165) is 41.9 Å². The molecule has 0 unspecified atom stereocenters. The van der Waals surface area contributed by atoms with Gasteiger partial charge in [-0.2, -0.15) is 0 Å². The van der Waals surface area contributed by atoms with Crippen molar-refractivity contribution in [2.45, 2.75) is 117 Å². The van der Waals surface area contributed by atoms with E-state index < -0.39 is 11.3 Å². The van der Waals surface area contributed by atoms with E-state index in [-0.39, 0.29) is 12.1 Å². The van der Waals surface area contributed by atoms with Gasteiger partial charge in [-0.25, -0.2) is 4.79 Å². The van der Waals surface area contributed by atoms with Crippen LogP contribution in [0, 0.1) is 6.92 Å². The molecule has 194 valence electrons. The van der Waals surface area contributed by atoms with E-state index in [4.69, 9.17) is 18.9 Å². The predicted octanol–water partition coefficient (Wildman–Crippen LogP) is 7.05. The highest BCUT2D eigenvalue weighted by Crippen LogP contribution is 2.35. The third-order valence-electron chi connectivity index (χ3n) is 6.20. The van der Waals surface area contributed by atoms with Gasteiger partial charge in [-0.3, -0.25) is 4.90 Å². The molecule has 6 heteroatoms. The van der Waals surface area contributed by atoms with Gasteiger partial charge in [0, 0.05) is 0 Å². The highest BCUT2D eigenvalue weighted by Gasteiger charge is 2.45. The topological polar surface area (TPSA) is 57.2 Å². The lowest BCUT2D eigenvalue weighted by atomic mass is 10.0. The summed E-state index contributed by atoms with van der Waals surface area (Å²) in [5.74, 6) is 1.61. The van der Waals surface area contributed by atoms with E-state index in [1.54, 1.807) is 12.0 Å². The first-order valence-electron chi connectivity index (χ1n) is 12.9. The first-order chi connectivity index (χ1) is 16.0. The van der Waals surface area contributed by atoms with Crippen LogP contribution in [0.1, 0.15) is 97.6 Å². The van der Waals surface area contributed by atoms with E-state index in [9.17, 15) is 4.79 Å². The number of rotatable bonds is 12. The molecule has 1 atom stereocenters. The Labute approximate surface area is 207 Å². The normalized spacial score (nSPS) is 17.6. The van der Waals surface area contributed by atoms with Gasteiger partial charge in [0.15, 0.2) is 11.5 Å². The molecule has 0 radical (unpaired) electrons. The summed E-state index contributed by atoms with van der Waals surface area (Å²) in [4.78, 5) is 14.6. The standard InChI is InChI=1S/C28H47NO5/c1-9-10-11-12-13-14-17-32-25-21(2)18-22(19-24(25)31-8)15-16-23-20-33-28(6,7)29(23)26(30)34-27(3,4)5/h18-19,23H,9-17,20H2,1-8H3/t23-/m1/s1. The third-order valence-corrected chi connectivity index (χ3v) is 6.20. The average Bonchev–Trinajstić information content (AvgIpc) is 3.05. The summed E-state index contributed by atoms with van der Waals surface area (Å²) < 4.78 is 23.4. The van der Waals surface area contributed by atoms with E-state index in [1.807, 2.05) is 34.6 Å². The van der Waals surface area contributed by atoms with Crippen molar-refractivity contribution in [1.29, 1.82) is 0 Å². The Morgan fingerprint density at radius 2 is 1.82 bits per heavy atom. The van der Waals surface area contributed by atoms with Gasteiger partial charge in [0.05, 0.1) is 26.4 Å². The third kappa shape index (κ3) is 8.37. The number of unbranched alkanes of at least 4 members (excludes halogenated alkanes) is 5. The number of hydrogen-bond donors (Lipinski definition) is 0. The van der Waals surface area contributed by atoms with Gasteiger partial charge < -0.3 is 18.9 Å². The molecule has 34 heavy (non-hydrogen) atoms. The van der Waals surface area contributed by atoms with Crippen molar-refractivity contribution in [1.82, 2.24) is 4.90 Å². The molecule has 0 bridgehead atoms. The number of carbonyl (C=O) groups excluding carboxylic acids is 1. The monoisotopic (exact) mass is 477 g/mol. The minimum atomic E-state index is -0.686. The number of hydrogen-bond acceptors (Lipinski definition) is 5. The highest BCUT2D eigenvalue weighted by atomic mass is 16.6. The Balaban J connectivity index is 1.98. The number of nitrogens with zero attached hydrogens (tertiary/aromatic N) is 1. The van der Waals surface area contributed by atoms with E-state index in [2.05, 4.69) is 26.0 Å². The lowest BCUT2D eigenvalue weighted by Gasteiger charge is -2.35. The van der Waals surface area contributed by atoms with Gasteiger partial charge in [0.2, 0.25) is 0 Å². The molecule has 1 saturated heterocycles. The molecule has 2 rings (SSSR count). The Hall–Kier alpha value is -1.95. The van der Waals surface area contributed by atoms with Crippen LogP contribution < -0.4 is 9.47 Å². The smallest absolute Gasteiger partial charge is 0.412 e. The molecular formula is C28H47NO5. The molecule has 1 aromatic carbocycles. The average molecular weight is 478 g/mol. The van der Waals surface area contributed by atoms with Crippen LogP contribution in [0.4, 0.5) is 4.79 Å². The van der Waals surface area contributed by atoms with Crippen molar-refractivity contribution in [3.63, 3.8) is 0 Å². The minimum Gasteiger partial charge on any atom is -0.493 e. The zero-order valence-corrected chi connectivity index (χ0v) is 22.8. The van der Waals surface area contributed by atoms with Gasteiger partial charge >= 0.3 is 6.09 Å². The first-order valence-corrected chi connectivity index (χ1v) is 12.9. The van der Waals surface area contributed by atoms with Crippen molar-refractivity contribution >= 4 is 6.09 Å². The molecule has 0 spiro atoms. The molecule has 1 aliphatic rings. The summed E-state index contributed by atoms with van der Waals surface area (Å²) in [6.07, 6.45) is 8.68. The zero-order valence-electron chi connectivity index (χ0n) is 22.8. The van der Waals surface area contributed by atoms with Crippen molar-refractivity contribution in [3.8, 4) is 11.5 Å². The minimum absolute atomic E-state index is 0.0419. The van der Waals surface area contributed by atoms with Crippen LogP contribution in [-0.2, 0) is 15.9 Å². The van der Waals surface area contributed by atoms with Gasteiger partial charge in [-0.15, -0.1) is 0 Å². The largest absolute Gasteiger partial charge is 0.493 e. The van der Waals surface area contributed by atoms with Crippen molar-refractivity contribution in [3.05, 3.63) is 23.3 Å². The maximum atomic E-state index is 12.9. The first kappa shape index (κ1) is 28.3. The lowest BCUT2D eigenvalue weighted by Crippen LogP contribution is -2.49. The molecule has 1 amide bonds. The lowest BCUT2D eigenvalue weighted by molar-refractivity contribution is -0.0626. The second-order valence-electron chi connectivity index (χ2n) is 10.9. The maximum Gasteiger partial charge on any atom is 0.412 e. The summed E-state index contributed by atoms with van der Waals surface area (Å²) in [6.45, 7) is 15.0. The maximum absolute atomic E-state index is 12.9. The van der Waals surface area contributed by atoms with Crippen LogP contribution in [0.15, 0.2) is 12.1 Å². The number of amides is 1. The number of carbonyl (C=O) groups is 1. The molecule has 1 aromatic rings.